The van der Waals surface area contributed by atoms with Crippen LogP contribution in [0.4, 0.5) is 5.69 Å². The topological polar surface area (TPSA) is 29.1 Å². The summed E-state index contributed by atoms with van der Waals surface area (Å²) in [6, 6.07) is 16.9. The van der Waals surface area contributed by atoms with Crippen molar-refractivity contribution >= 4 is 57.2 Å². The van der Waals surface area contributed by atoms with Crippen LogP contribution in [0.15, 0.2) is 54.6 Å². The maximum atomic E-state index is 12.3. The Morgan fingerprint density at radius 3 is 2.39 bits per heavy atom. The van der Waals surface area contributed by atoms with Gasteiger partial charge in [0.15, 0.2) is 0 Å². The van der Waals surface area contributed by atoms with Gasteiger partial charge in [-0.25, -0.2) is 0 Å². The van der Waals surface area contributed by atoms with Crippen LogP contribution in [0.3, 0.4) is 0 Å². The van der Waals surface area contributed by atoms with E-state index in [1.807, 2.05) is 42.5 Å². The number of halogens is 3. The van der Waals surface area contributed by atoms with Crippen molar-refractivity contribution in [3.63, 3.8) is 0 Å². The second-order valence-electron chi connectivity index (χ2n) is 5.11. The van der Waals surface area contributed by atoms with Crippen LogP contribution in [-0.4, -0.2) is 5.91 Å². The van der Waals surface area contributed by atoms with Crippen LogP contribution in [0.5, 0.6) is 0 Å². The Labute approximate surface area is 149 Å². The van der Waals surface area contributed by atoms with Gasteiger partial charge in [0.05, 0.1) is 27.2 Å². The SMILES string of the molecule is O=C(Cc1cccc2ccccc12)Nc1cc(Cl)c(Cl)cc1Cl. The van der Waals surface area contributed by atoms with E-state index in [4.69, 9.17) is 34.8 Å². The van der Waals surface area contributed by atoms with Gasteiger partial charge in [0.2, 0.25) is 5.91 Å². The molecule has 1 N–H and O–H groups in total. The monoisotopic (exact) mass is 363 g/mol. The molecular weight excluding hydrogens is 353 g/mol. The van der Waals surface area contributed by atoms with Crippen molar-refractivity contribution in [1.29, 1.82) is 0 Å². The fourth-order valence-corrected chi connectivity index (χ4v) is 3.03. The molecule has 3 aromatic rings. The van der Waals surface area contributed by atoms with E-state index in [1.165, 1.54) is 6.07 Å². The fourth-order valence-electron chi connectivity index (χ4n) is 2.43. The van der Waals surface area contributed by atoms with Crippen molar-refractivity contribution in [1.82, 2.24) is 0 Å². The molecule has 0 aromatic heterocycles. The third-order valence-corrected chi connectivity index (χ3v) is 4.55. The number of nitrogens with one attached hydrogen (secondary N) is 1. The van der Waals surface area contributed by atoms with E-state index in [0.29, 0.717) is 20.8 Å². The zero-order chi connectivity index (χ0) is 16.4. The Kier molecular flexibility index (Phi) is 4.76. The molecule has 23 heavy (non-hydrogen) atoms. The van der Waals surface area contributed by atoms with Crippen LogP contribution in [-0.2, 0) is 11.2 Å². The van der Waals surface area contributed by atoms with Crippen molar-refractivity contribution in [3.8, 4) is 0 Å². The summed E-state index contributed by atoms with van der Waals surface area (Å²) in [4.78, 5) is 12.3. The van der Waals surface area contributed by atoms with Crippen LogP contribution in [0.1, 0.15) is 5.56 Å². The Morgan fingerprint density at radius 2 is 1.57 bits per heavy atom. The maximum absolute atomic E-state index is 12.3. The predicted molar refractivity (Wildman–Crippen MR) is 97.8 cm³/mol. The molecule has 0 atom stereocenters. The molecule has 1 amide bonds. The van der Waals surface area contributed by atoms with Crippen molar-refractivity contribution < 1.29 is 4.79 Å². The number of carbonyl (C=O) groups excluding carboxylic acids is 1. The minimum absolute atomic E-state index is 0.165. The summed E-state index contributed by atoms with van der Waals surface area (Å²) in [7, 11) is 0. The molecule has 0 saturated carbocycles. The zero-order valence-corrected chi connectivity index (χ0v) is 14.2. The van der Waals surface area contributed by atoms with E-state index >= 15 is 0 Å². The average Bonchev–Trinajstić information content (AvgIpc) is 2.53. The van der Waals surface area contributed by atoms with E-state index in [1.54, 1.807) is 6.07 Å². The van der Waals surface area contributed by atoms with Gasteiger partial charge in [-0.3, -0.25) is 4.79 Å². The van der Waals surface area contributed by atoms with E-state index in [2.05, 4.69) is 5.32 Å². The quantitative estimate of drug-likeness (QED) is 0.569. The summed E-state index contributed by atoms with van der Waals surface area (Å²) in [5, 5.41) is 5.99. The first kappa shape index (κ1) is 16.1. The first-order valence-corrected chi connectivity index (χ1v) is 8.09. The van der Waals surface area contributed by atoms with Gasteiger partial charge in [0.25, 0.3) is 0 Å². The molecule has 0 aliphatic carbocycles. The summed E-state index contributed by atoms with van der Waals surface area (Å²) in [5.74, 6) is -0.165. The molecule has 0 heterocycles. The smallest absolute Gasteiger partial charge is 0.228 e. The normalized spacial score (nSPS) is 10.7. The predicted octanol–water partition coefficient (Wildman–Crippen LogP) is 5.98. The van der Waals surface area contributed by atoms with E-state index in [0.717, 1.165) is 16.3 Å². The number of benzene rings is 3. The Hall–Kier alpha value is -1.74. The number of rotatable bonds is 3. The van der Waals surface area contributed by atoms with E-state index in [9.17, 15) is 4.79 Å². The molecule has 0 aliphatic heterocycles. The zero-order valence-electron chi connectivity index (χ0n) is 11.9. The number of amides is 1. The number of fused-ring (bicyclic) bond motifs is 1. The van der Waals surface area contributed by atoms with Crippen LogP contribution in [0.25, 0.3) is 10.8 Å². The third-order valence-electron chi connectivity index (χ3n) is 3.51. The van der Waals surface area contributed by atoms with Gasteiger partial charge in [0.1, 0.15) is 0 Å². The van der Waals surface area contributed by atoms with Gasteiger partial charge in [-0.2, -0.15) is 0 Å². The van der Waals surface area contributed by atoms with Gasteiger partial charge in [-0.1, -0.05) is 77.3 Å². The highest BCUT2D eigenvalue weighted by Crippen LogP contribution is 2.32. The fraction of sp³-hybridized carbons (Fsp3) is 0.0556. The third kappa shape index (κ3) is 3.61. The highest BCUT2D eigenvalue weighted by atomic mass is 35.5. The Morgan fingerprint density at radius 1 is 0.870 bits per heavy atom. The summed E-state index contributed by atoms with van der Waals surface area (Å²) in [6.07, 6.45) is 0.248. The van der Waals surface area contributed by atoms with E-state index in [-0.39, 0.29) is 12.3 Å². The molecule has 0 radical (unpaired) electrons. The molecular formula is C18H12Cl3NO. The van der Waals surface area contributed by atoms with Crippen molar-refractivity contribution in [2.24, 2.45) is 0 Å². The first-order chi connectivity index (χ1) is 11.0. The largest absolute Gasteiger partial charge is 0.324 e. The van der Waals surface area contributed by atoms with Gasteiger partial charge >= 0.3 is 0 Å². The maximum Gasteiger partial charge on any atom is 0.228 e. The molecule has 0 unspecified atom stereocenters. The van der Waals surface area contributed by atoms with Gasteiger partial charge in [-0.15, -0.1) is 0 Å². The first-order valence-electron chi connectivity index (χ1n) is 6.95. The summed E-state index contributed by atoms with van der Waals surface area (Å²) in [6.45, 7) is 0. The average molecular weight is 365 g/mol. The molecule has 0 aliphatic rings. The Bertz CT molecular complexity index is 887. The van der Waals surface area contributed by atoms with Crippen LogP contribution in [0, 0.1) is 0 Å². The van der Waals surface area contributed by atoms with E-state index < -0.39 is 0 Å². The van der Waals surface area contributed by atoms with Crippen molar-refractivity contribution in [2.45, 2.75) is 6.42 Å². The minimum Gasteiger partial charge on any atom is -0.324 e. The lowest BCUT2D eigenvalue weighted by molar-refractivity contribution is -0.115. The van der Waals surface area contributed by atoms with Crippen molar-refractivity contribution in [2.75, 3.05) is 5.32 Å². The number of hydrogen-bond acceptors (Lipinski definition) is 1. The molecule has 0 bridgehead atoms. The number of carbonyl (C=O) groups is 1. The molecule has 3 rings (SSSR count). The van der Waals surface area contributed by atoms with Gasteiger partial charge in [0, 0.05) is 0 Å². The molecule has 3 aromatic carbocycles. The molecule has 0 fully saturated rings. The molecule has 0 spiro atoms. The Balaban J connectivity index is 1.83. The standard InChI is InChI=1S/C18H12Cl3NO/c19-14-9-16(21)17(10-15(14)20)22-18(23)8-12-6-3-5-11-4-1-2-7-13(11)12/h1-7,9-10H,8H2,(H,22,23). The van der Waals surface area contributed by atoms with Crippen LogP contribution >= 0.6 is 34.8 Å². The summed E-state index contributed by atoms with van der Waals surface area (Å²) >= 11 is 17.9. The van der Waals surface area contributed by atoms with Crippen LogP contribution in [0.2, 0.25) is 15.1 Å². The highest BCUT2D eigenvalue weighted by molar-refractivity contribution is 6.44. The lowest BCUT2D eigenvalue weighted by Gasteiger charge is -2.10. The molecule has 2 nitrogen and oxygen atoms in total. The molecule has 5 heteroatoms. The lowest BCUT2D eigenvalue weighted by atomic mass is 10.0. The summed E-state index contributed by atoms with van der Waals surface area (Å²) in [5.41, 5.74) is 1.41. The minimum atomic E-state index is -0.165. The second kappa shape index (κ2) is 6.79. The van der Waals surface area contributed by atoms with Gasteiger partial charge < -0.3 is 5.32 Å². The molecule has 116 valence electrons. The second-order valence-corrected chi connectivity index (χ2v) is 6.33. The van der Waals surface area contributed by atoms with Crippen LogP contribution < -0.4 is 5.32 Å². The lowest BCUT2D eigenvalue weighted by Crippen LogP contribution is -2.15. The highest BCUT2D eigenvalue weighted by Gasteiger charge is 2.11. The van der Waals surface area contributed by atoms with Crippen molar-refractivity contribution in [3.05, 3.63) is 75.2 Å². The summed E-state index contributed by atoms with van der Waals surface area (Å²) < 4.78 is 0. The molecule has 0 saturated heterocycles. The number of anilines is 1. The van der Waals surface area contributed by atoms with Gasteiger partial charge in [-0.05, 0) is 28.5 Å². The number of hydrogen-bond donors (Lipinski definition) is 1.